The third-order valence-corrected chi connectivity index (χ3v) is 3.36. The van der Waals surface area contributed by atoms with Crippen LogP contribution in [-0.2, 0) is 4.74 Å². The maximum absolute atomic E-state index is 11.8. The molecule has 0 amide bonds. The van der Waals surface area contributed by atoms with Gasteiger partial charge in [-0.15, -0.1) is 0 Å². The lowest BCUT2D eigenvalue weighted by Gasteiger charge is -2.32. The lowest BCUT2D eigenvalue weighted by molar-refractivity contribution is -0.173. The van der Waals surface area contributed by atoms with Crippen molar-refractivity contribution in [2.75, 3.05) is 39.4 Å². The van der Waals surface area contributed by atoms with Crippen molar-refractivity contribution in [2.24, 2.45) is 0 Å². The Morgan fingerprint density at radius 1 is 1.21 bits per heavy atom. The lowest BCUT2D eigenvalue weighted by Crippen LogP contribution is -2.43. The van der Waals surface area contributed by atoms with Crippen molar-refractivity contribution in [3.8, 4) is 0 Å². The van der Waals surface area contributed by atoms with E-state index in [2.05, 4.69) is 21.9 Å². The van der Waals surface area contributed by atoms with Crippen molar-refractivity contribution < 1.29 is 17.9 Å². The van der Waals surface area contributed by atoms with Gasteiger partial charge in [-0.2, -0.15) is 13.2 Å². The van der Waals surface area contributed by atoms with Crippen LogP contribution in [0.15, 0.2) is 0 Å². The molecule has 0 spiro atoms. The molecule has 0 aromatic rings. The zero-order valence-electron chi connectivity index (χ0n) is 11.6. The highest BCUT2D eigenvalue weighted by atomic mass is 19.4. The van der Waals surface area contributed by atoms with Gasteiger partial charge < -0.3 is 10.1 Å². The van der Waals surface area contributed by atoms with Gasteiger partial charge >= 0.3 is 6.18 Å². The average molecular weight is 282 g/mol. The van der Waals surface area contributed by atoms with Gasteiger partial charge in [0.05, 0.1) is 0 Å². The van der Waals surface area contributed by atoms with Gasteiger partial charge in [0.15, 0.2) is 0 Å². The molecule has 1 aliphatic rings. The second kappa shape index (κ2) is 8.76. The van der Waals surface area contributed by atoms with Crippen LogP contribution in [0, 0.1) is 0 Å². The summed E-state index contributed by atoms with van der Waals surface area (Å²) in [7, 11) is 0. The predicted molar refractivity (Wildman–Crippen MR) is 69.2 cm³/mol. The molecule has 1 rings (SSSR count). The van der Waals surface area contributed by atoms with E-state index in [1.54, 1.807) is 0 Å². The summed E-state index contributed by atoms with van der Waals surface area (Å²) >= 11 is 0. The number of piperidine rings is 1. The number of nitrogens with zero attached hydrogens (tertiary/aromatic N) is 1. The fraction of sp³-hybridized carbons (Fsp3) is 1.00. The van der Waals surface area contributed by atoms with E-state index in [9.17, 15) is 13.2 Å². The number of rotatable bonds is 8. The number of alkyl halides is 3. The molecule has 0 saturated carbocycles. The van der Waals surface area contributed by atoms with Crippen molar-refractivity contribution in [1.82, 2.24) is 10.2 Å². The first-order valence-electron chi connectivity index (χ1n) is 7.08. The second-order valence-corrected chi connectivity index (χ2v) is 5.17. The molecule has 1 aliphatic heterocycles. The lowest BCUT2D eigenvalue weighted by atomic mass is 10.1. The fourth-order valence-electron chi connectivity index (χ4n) is 2.29. The van der Waals surface area contributed by atoms with E-state index in [0.29, 0.717) is 19.0 Å². The summed E-state index contributed by atoms with van der Waals surface area (Å²) in [6.07, 6.45) is 0.275. The third-order valence-electron chi connectivity index (χ3n) is 3.36. The highest BCUT2D eigenvalue weighted by molar-refractivity contribution is 4.73. The molecule has 1 heterocycles. The van der Waals surface area contributed by atoms with Gasteiger partial charge in [0.2, 0.25) is 0 Å². The van der Waals surface area contributed by atoms with Crippen LogP contribution in [0.1, 0.15) is 32.6 Å². The first kappa shape index (κ1) is 16.7. The minimum absolute atomic E-state index is 0.157. The van der Waals surface area contributed by atoms with Crippen LogP contribution in [0.2, 0.25) is 0 Å². The fourth-order valence-corrected chi connectivity index (χ4v) is 2.29. The van der Waals surface area contributed by atoms with E-state index < -0.39 is 12.8 Å². The first-order chi connectivity index (χ1) is 8.99. The highest BCUT2D eigenvalue weighted by Gasteiger charge is 2.27. The topological polar surface area (TPSA) is 24.5 Å². The molecule has 0 bridgehead atoms. The Hall–Kier alpha value is -0.330. The Balaban J connectivity index is 1.92. The first-order valence-corrected chi connectivity index (χ1v) is 7.08. The Morgan fingerprint density at radius 3 is 2.53 bits per heavy atom. The number of hydrogen-bond acceptors (Lipinski definition) is 3. The van der Waals surface area contributed by atoms with Crippen LogP contribution in [0.25, 0.3) is 0 Å². The van der Waals surface area contributed by atoms with Crippen molar-refractivity contribution in [3.63, 3.8) is 0 Å². The van der Waals surface area contributed by atoms with E-state index in [1.807, 2.05) is 0 Å². The maximum Gasteiger partial charge on any atom is 0.411 e. The molecule has 3 nitrogen and oxygen atoms in total. The van der Waals surface area contributed by atoms with Crippen LogP contribution in [-0.4, -0.2) is 56.5 Å². The van der Waals surface area contributed by atoms with Crippen LogP contribution >= 0.6 is 0 Å². The summed E-state index contributed by atoms with van der Waals surface area (Å²) in [5.74, 6) is 0. The minimum atomic E-state index is -4.21. The van der Waals surface area contributed by atoms with Crippen molar-refractivity contribution in [3.05, 3.63) is 0 Å². The van der Waals surface area contributed by atoms with Crippen LogP contribution in [0.3, 0.4) is 0 Å². The summed E-state index contributed by atoms with van der Waals surface area (Å²) < 4.78 is 39.9. The SMILES string of the molecule is CC(CNCCCOCC(F)(F)F)N1CCCCC1. The van der Waals surface area contributed by atoms with E-state index >= 15 is 0 Å². The Morgan fingerprint density at radius 2 is 1.89 bits per heavy atom. The van der Waals surface area contributed by atoms with Gasteiger partial charge in [0.1, 0.15) is 6.61 Å². The molecule has 1 unspecified atom stereocenters. The summed E-state index contributed by atoms with van der Waals surface area (Å²) in [6, 6.07) is 0.497. The predicted octanol–water partition coefficient (Wildman–Crippen LogP) is 2.42. The molecule has 114 valence electrons. The zero-order chi connectivity index (χ0) is 14.1. The maximum atomic E-state index is 11.8. The minimum Gasteiger partial charge on any atom is -0.372 e. The molecule has 19 heavy (non-hydrogen) atoms. The monoisotopic (exact) mass is 282 g/mol. The van der Waals surface area contributed by atoms with E-state index in [-0.39, 0.29) is 6.61 Å². The normalized spacial score (nSPS) is 19.6. The van der Waals surface area contributed by atoms with Crippen LogP contribution < -0.4 is 5.32 Å². The molecule has 0 aliphatic carbocycles. The molecular weight excluding hydrogens is 257 g/mol. The van der Waals surface area contributed by atoms with Gasteiger partial charge in [-0.05, 0) is 45.8 Å². The van der Waals surface area contributed by atoms with E-state index in [1.165, 1.54) is 19.3 Å². The summed E-state index contributed by atoms with van der Waals surface area (Å²) in [4.78, 5) is 2.47. The zero-order valence-corrected chi connectivity index (χ0v) is 11.6. The number of likely N-dealkylation sites (tertiary alicyclic amines) is 1. The molecule has 1 atom stereocenters. The highest BCUT2D eigenvalue weighted by Crippen LogP contribution is 2.14. The van der Waals surface area contributed by atoms with Crippen molar-refractivity contribution in [1.29, 1.82) is 0 Å². The molecule has 0 radical (unpaired) electrons. The third kappa shape index (κ3) is 8.44. The second-order valence-electron chi connectivity index (χ2n) is 5.17. The molecule has 1 N–H and O–H groups in total. The van der Waals surface area contributed by atoms with Crippen molar-refractivity contribution >= 4 is 0 Å². The van der Waals surface area contributed by atoms with Gasteiger partial charge in [0, 0.05) is 19.2 Å². The molecular formula is C13H25F3N2O. The number of ether oxygens (including phenoxy) is 1. The summed E-state index contributed by atoms with van der Waals surface area (Å²) in [6.45, 7) is 5.13. The smallest absolute Gasteiger partial charge is 0.372 e. The number of hydrogen-bond donors (Lipinski definition) is 1. The molecule has 1 saturated heterocycles. The summed E-state index contributed by atoms with van der Waals surface area (Å²) in [5.41, 5.74) is 0. The van der Waals surface area contributed by atoms with Gasteiger partial charge in [-0.25, -0.2) is 0 Å². The Bertz CT molecular complexity index is 230. The van der Waals surface area contributed by atoms with Gasteiger partial charge in [-0.1, -0.05) is 6.42 Å². The molecule has 6 heteroatoms. The van der Waals surface area contributed by atoms with Crippen LogP contribution in [0.5, 0.6) is 0 Å². The largest absolute Gasteiger partial charge is 0.411 e. The molecule has 0 aromatic heterocycles. The van der Waals surface area contributed by atoms with E-state index in [0.717, 1.165) is 19.6 Å². The van der Waals surface area contributed by atoms with Gasteiger partial charge in [0.25, 0.3) is 0 Å². The quantitative estimate of drug-likeness (QED) is 0.692. The standard InChI is InChI=1S/C13H25F3N2O/c1-12(18-7-3-2-4-8-18)10-17-6-5-9-19-11-13(14,15)16/h12,17H,2-11H2,1H3. The number of nitrogens with one attached hydrogen (secondary N) is 1. The Kier molecular flexibility index (Phi) is 7.71. The Labute approximate surface area is 113 Å². The van der Waals surface area contributed by atoms with E-state index in [4.69, 9.17) is 0 Å². The van der Waals surface area contributed by atoms with Crippen molar-refractivity contribution in [2.45, 2.75) is 44.8 Å². The van der Waals surface area contributed by atoms with Gasteiger partial charge in [-0.3, -0.25) is 4.90 Å². The number of halogens is 3. The summed E-state index contributed by atoms with van der Waals surface area (Å²) in [5, 5.41) is 3.28. The average Bonchev–Trinajstić information content (AvgIpc) is 2.37. The molecule has 0 aromatic carbocycles. The van der Waals surface area contributed by atoms with Crippen LogP contribution in [0.4, 0.5) is 13.2 Å². The molecule has 1 fully saturated rings.